The molecule has 34 heavy (non-hydrogen) atoms. The fraction of sp³-hybridized carbons (Fsp3) is 0.200. The normalized spacial score (nSPS) is 11.7. The van der Waals surface area contributed by atoms with Crippen molar-refractivity contribution in [3.05, 3.63) is 94.0 Å². The van der Waals surface area contributed by atoms with Crippen molar-refractivity contribution >= 4 is 40.4 Å². The maximum atomic E-state index is 13.3. The van der Waals surface area contributed by atoms with E-state index in [1.807, 2.05) is 41.0 Å². The fourth-order valence-electron chi connectivity index (χ4n) is 3.51. The summed E-state index contributed by atoms with van der Waals surface area (Å²) in [6.45, 7) is 2.52. The largest absolute Gasteiger partial charge is 0.462 e. The van der Waals surface area contributed by atoms with Crippen LogP contribution in [0, 0.1) is 0 Å². The highest BCUT2D eigenvalue weighted by Crippen LogP contribution is 2.36. The fourth-order valence-corrected chi connectivity index (χ4v) is 4.69. The molecule has 0 aliphatic heterocycles. The molecule has 3 aromatic carbocycles. The number of aromatic nitrogens is 2. The second-order valence-corrected chi connectivity index (χ2v) is 8.84. The van der Waals surface area contributed by atoms with Gasteiger partial charge in [-0.15, -0.1) is 0 Å². The molecule has 9 heteroatoms. The van der Waals surface area contributed by atoms with Gasteiger partial charge >= 0.3 is 12.1 Å². The molecule has 176 valence electrons. The molecule has 0 atom stereocenters. The molecular weight excluding hydrogens is 485 g/mol. The summed E-state index contributed by atoms with van der Waals surface area (Å²) in [5.74, 6) is -0.166. The molecule has 0 saturated heterocycles. The molecule has 1 aromatic heterocycles. The zero-order valence-corrected chi connectivity index (χ0v) is 19.7. The molecule has 1 heterocycles. The van der Waals surface area contributed by atoms with Crippen molar-refractivity contribution in [3.63, 3.8) is 0 Å². The number of fused-ring (bicyclic) bond motifs is 1. The molecule has 0 aliphatic carbocycles. The predicted molar refractivity (Wildman–Crippen MR) is 127 cm³/mol. The lowest BCUT2D eigenvalue weighted by atomic mass is 10.1. The van der Waals surface area contributed by atoms with Gasteiger partial charge in [0.2, 0.25) is 0 Å². The Kier molecular flexibility index (Phi) is 7.19. The summed E-state index contributed by atoms with van der Waals surface area (Å²) < 4.78 is 46.8. The first-order chi connectivity index (χ1) is 16.3. The van der Waals surface area contributed by atoms with E-state index in [2.05, 4.69) is 4.98 Å². The van der Waals surface area contributed by atoms with Crippen LogP contribution >= 0.6 is 23.4 Å². The number of thioether (sulfide) groups is 1. The van der Waals surface area contributed by atoms with E-state index in [1.165, 1.54) is 17.8 Å². The van der Waals surface area contributed by atoms with Crippen LogP contribution in [0.4, 0.5) is 13.2 Å². The third-order valence-electron chi connectivity index (χ3n) is 5.11. The molecule has 0 radical (unpaired) electrons. The van der Waals surface area contributed by atoms with Gasteiger partial charge in [0, 0.05) is 5.75 Å². The van der Waals surface area contributed by atoms with Crippen molar-refractivity contribution in [2.75, 3.05) is 6.61 Å². The Hall–Kier alpha value is -2.97. The minimum Gasteiger partial charge on any atom is -0.462 e. The first-order valence-corrected chi connectivity index (χ1v) is 11.8. The number of rotatable bonds is 7. The summed E-state index contributed by atoms with van der Waals surface area (Å²) in [6.07, 6.45) is -4.53. The smallest absolute Gasteiger partial charge is 0.417 e. The van der Waals surface area contributed by atoms with Crippen LogP contribution in [0.25, 0.3) is 11.0 Å². The summed E-state index contributed by atoms with van der Waals surface area (Å²) in [5.41, 5.74) is 2.48. The van der Waals surface area contributed by atoms with E-state index in [1.54, 1.807) is 25.1 Å². The second kappa shape index (κ2) is 10.1. The lowest BCUT2D eigenvalue weighted by Crippen LogP contribution is -2.06. The van der Waals surface area contributed by atoms with Gasteiger partial charge in [-0.25, -0.2) is 9.78 Å². The SMILES string of the molecule is CCOC(=O)c1ccc2c(c1)nc(SCc1ccc(Cl)c(C(F)(F)F)c1)n2Cc1ccccc1. The highest BCUT2D eigenvalue weighted by Gasteiger charge is 2.33. The molecule has 4 aromatic rings. The van der Waals surface area contributed by atoms with Crippen LogP contribution in [0.2, 0.25) is 5.02 Å². The third-order valence-corrected chi connectivity index (χ3v) is 6.49. The number of nitrogens with zero attached hydrogens (tertiary/aromatic N) is 2. The van der Waals surface area contributed by atoms with Crippen molar-refractivity contribution in [2.45, 2.75) is 30.6 Å². The van der Waals surface area contributed by atoms with Crippen LogP contribution in [0.5, 0.6) is 0 Å². The topological polar surface area (TPSA) is 44.1 Å². The molecule has 0 aliphatic rings. The average molecular weight is 505 g/mol. The number of carbonyl (C=O) groups is 1. The van der Waals surface area contributed by atoms with Crippen molar-refractivity contribution in [1.29, 1.82) is 0 Å². The van der Waals surface area contributed by atoms with Crippen LogP contribution in [0.3, 0.4) is 0 Å². The Balaban J connectivity index is 1.69. The molecule has 0 fully saturated rings. The molecule has 0 bridgehead atoms. The van der Waals surface area contributed by atoms with Crippen LogP contribution < -0.4 is 0 Å². The average Bonchev–Trinajstić information content (AvgIpc) is 3.15. The van der Waals surface area contributed by atoms with Gasteiger partial charge in [0.1, 0.15) is 0 Å². The van der Waals surface area contributed by atoms with Crippen LogP contribution in [0.15, 0.2) is 71.9 Å². The number of halogens is 4. The number of hydrogen-bond donors (Lipinski definition) is 0. The van der Waals surface area contributed by atoms with Crippen molar-refractivity contribution in [1.82, 2.24) is 9.55 Å². The standard InChI is InChI=1S/C25H20ClF3N2O2S/c1-2-33-23(32)18-9-11-22-21(13-18)30-24(31(22)14-16-6-4-3-5-7-16)34-15-17-8-10-20(26)19(12-17)25(27,28)29/h3-13H,2,14-15H2,1H3. The van der Waals surface area contributed by atoms with Gasteiger partial charge in [0.25, 0.3) is 0 Å². The van der Waals surface area contributed by atoms with Crippen molar-refractivity contribution in [3.8, 4) is 0 Å². The van der Waals surface area contributed by atoms with Crippen LogP contribution in [-0.2, 0) is 23.2 Å². The molecule has 4 rings (SSSR count). The molecular formula is C25H20ClF3N2O2S. The zero-order valence-electron chi connectivity index (χ0n) is 18.1. The summed E-state index contributed by atoms with van der Waals surface area (Å²) in [6, 6.07) is 18.9. The van der Waals surface area contributed by atoms with Crippen LogP contribution in [-0.4, -0.2) is 22.1 Å². The molecule has 0 unspecified atom stereocenters. The molecule has 0 amide bonds. The maximum absolute atomic E-state index is 13.3. The minimum atomic E-state index is -4.53. The lowest BCUT2D eigenvalue weighted by Gasteiger charge is -2.12. The third kappa shape index (κ3) is 5.39. The molecule has 0 spiro atoms. The number of alkyl halides is 3. The number of benzene rings is 3. The van der Waals surface area contributed by atoms with Gasteiger partial charge in [-0.2, -0.15) is 13.2 Å². The Morgan fingerprint density at radius 1 is 1.06 bits per heavy atom. The first-order valence-electron chi connectivity index (χ1n) is 10.5. The van der Waals surface area contributed by atoms with Gasteiger partial charge in [-0.1, -0.05) is 59.8 Å². The van der Waals surface area contributed by atoms with E-state index in [0.717, 1.165) is 17.1 Å². The number of hydrogen-bond acceptors (Lipinski definition) is 4. The quantitative estimate of drug-likeness (QED) is 0.197. The number of esters is 1. The Morgan fingerprint density at radius 3 is 2.53 bits per heavy atom. The van der Waals surface area contributed by atoms with Crippen molar-refractivity contribution < 1.29 is 22.7 Å². The number of ether oxygens (including phenoxy) is 1. The van der Waals surface area contributed by atoms with Gasteiger partial charge in [0.15, 0.2) is 5.16 Å². The second-order valence-electron chi connectivity index (χ2n) is 7.49. The minimum absolute atomic E-state index is 0.265. The van der Waals surface area contributed by atoms with E-state index in [9.17, 15) is 18.0 Å². The monoisotopic (exact) mass is 504 g/mol. The summed E-state index contributed by atoms with van der Waals surface area (Å²) in [7, 11) is 0. The summed E-state index contributed by atoms with van der Waals surface area (Å²) in [5, 5.41) is 0.299. The molecule has 0 N–H and O–H groups in total. The first kappa shape index (κ1) is 24.2. The Labute approximate surface area is 203 Å². The highest BCUT2D eigenvalue weighted by molar-refractivity contribution is 7.98. The summed E-state index contributed by atoms with van der Waals surface area (Å²) >= 11 is 7.07. The lowest BCUT2D eigenvalue weighted by molar-refractivity contribution is -0.137. The van der Waals surface area contributed by atoms with Crippen molar-refractivity contribution in [2.24, 2.45) is 0 Å². The predicted octanol–water partition coefficient (Wildman–Crippen LogP) is 7.23. The van der Waals surface area contributed by atoms with Gasteiger partial charge in [-0.05, 0) is 48.4 Å². The van der Waals surface area contributed by atoms with E-state index < -0.39 is 17.7 Å². The highest BCUT2D eigenvalue weighted by atomic mass is 35.5. The van der Waals surface area contributed by atoms with Gasteiger partial charge in [0.05, 0.1) is 40.3 Å². The maximum Gasteiger partial charge on any atom is 0.417 e. The van der Waals surface area contributed by atoms with Crippen LogP contribution in [0.1, 0.15) is 34.0 Å². The Bertz CT molecular complexity index is 1320. The zero-order chi connectivity index (χ0) is 24.3. The molecule has 4 nitrogen and oxygen atoms in total. The number of imidazole rings is 1. The van der Waals surface area contributed by atoms with Gasteiger partial charge < -0.3 is 9.30 Å². The van der Waals surface area contributed by atoms with E-state index in [4.69, 9.17) is 16.3 Å². The van der Waals surface area contributed by atoms with Gasteiger partial charge in [-0.3, -0.25) is 0 Å². The Morgan fingerprint density at radius 2 is 1.82 bits per heavy atom. The van der Waals surface area contributed by atoms with E-state index in [0.29, 0.717) is 28.3 Å². The number of carbonyl (C=O) groups excluding carboxylic acids is 1. The van der Waals surface area contributed by atoms with E-state index >= 15 is 0 Å². The molecule has 0 saturated carbocycles. The van der Waals surface area contributed by atoms with E-state index in [-0.39, 0.29) is 17.4 Å². The summed E-state index contributed by atoms with van der Waals surface area (Å²) in [4.78, 5) is 16.8.